The lowest BCUT2D eigenvalue weighted by Crippen LogP contribution is -2.10. The zero-order valence-corrected chi connectivity index (χ0v) is 15.7. The average Bonchev–Trinajstić information content (AvgIpc) is 2.60. The first-order valence-electron chi connectivity index (χ1n) is 7.57. The van der Waals surface area contributed by atoms with Crippen LogP contribution in [-0.4, -0.2) is 29.6 Å². The fraction of sp³-hybridized carbons (Fsp3) is 0.118. The molecule has 0 amide bonds. The lowest BCUT2D eigenvalue weighted by molar-refractivity contribution is -0.141. The van der Waals surface area contributed by atoms with E-state index >= 15 is 0 Å². The van der Waals surface area contributed by atoms with Gasteiger partial charge in [-0.05, 0) is 18.2 Å². The molecule has 28 heavy (non-hydrogen) atoms. The van der Waals surface area contributed by atoms with Crippen LogP contribution in [0.3, 0.4) is 0 Å². The van der Waals surface area contributed by atoms with E-state index in [2.05, 4.69) is 15.0 Å². The van der Waals surface area contributed by atoms with Crippen LogP contribution in [0.25, 0.3) is 11.3 Å². The SMILES string of the molecule is CS(=O)(=O)c1ccc(-c2cc(C(F)(F)F)nc(Oc3cncc(Cl)c3)n2)cc1. The van der Waals surface area contributed by atoms with Gasteiger partial charge in [-0.2, -0.15) is 23.1 Å². The first-order chi connectivity index (χ1) is 13.0. The monoisotopic (exact) mass is 429 g/mol. The van der Waals surface area contributed by atoms with Crippen LogP contribution in [0.4, 0.5) is 13.2 Å². The van der Waals surface area contributed by atoms with Crippen LogP contribution in [0, 0.1) is 0 Å². The van der Waals surface area contributed by atoms with E-state index in [9.17, 15) is 21.6 Å². The van der Waals surface area contributed by atoms with Gasteiger partial charge in [-0.15, -0.1) is 0 Å². The van der Waals surface area contributed by atoms with Crippen molar-refractivity contribution in [1.29, 1.82) is 0 Å². The fourth-order valence-corrected chi connectivity index (χ4v) is 2.98. The van der Waals surface area contributed by atoms with Gasteiger partial charge in [0.05, 0.1) is 21.8 Å². The van der Waals surface area contributed by atoms with Crippen LogP contribution in [0.1, 0.15) is 5.69 Å². The molecular weight excluding hydrogens is 419 g/mol. The number of sulfone groups is 1. The quantitative estimate of drug-likeness (QED) is 0.611. The number of aromatic nitrogens is 3. The number of nitrogens with zero attached hydrogens (tertiary/aromatic N) is 3. The number of ether oxygens (including phenoxy) is 1. The van der Waals surface area contributed by atoms with Crippen LogP contribution in [0.15, 0.2) is 53.7 Å². The molecule has 0 bridgehead atoms. The second kappa shape index (κ2) is 7.36. The maximum atomic E-state index is 13.2. The van der Waals surface area contributed by atoms with Crippen LogP contribution in [-0.2, 0) is 16.0 Å². The lowest BCUT2D eigenvalue weighted by atomic mass is 10.1. The van der Waals surface area contributed by atoms with Gasteiger partial charge in [0.1, 0.15) is 0 Å². The van der Waals surface area contributed by atoms with Gasteiger partial charge in [0.15, 0.2) is 21.3 Å². The molecule has 0 fully saturated rings. The van der Waals surface area contributed by atoms with Crippen LogP contribution in [0.5, 0.6) is 11.8 Å². The highest BCUT2D eigenvalue weighted by Crippen LogP contribution is 2.33. The molecule has 0 unspecified atom stereocenters. The summed E-state index contributed by atoms with van der Waals surface area (Å²) in [5.41, 5.74) is -1.04. The summed E-state index contributed by atoms with van der Waals surface area (Å²) in [7, 11) is -3.44. The molecule has 0 aliphatic heterocycles. The number of hydrogen-bond donors (Lipinski definition) is 0. The van der Waals surface area contributed by atoms with Crippen molar-refractivity contribution in [3.8, 4) is 23.0 Å². The highest BCUT2D eigenvalue weighted by atomic mass is 35.5. The Hall–Kier alpha value is -2.72. The van der Waals surface area contributed by atoms with Crippen molar-refractivity contribution in [2.24, 2.45) is 0 Å². The number of halogens is 4. The van der Waals surface area contributed by atoms with E-state index in [1.165, 1.54) is 42.7 Å². The molecule has 11 heteroatoms. The number of alkyl halides is 3. The smallest absolute Gasteiger partial charge is 0.423 e. The highest BCUT2D eigenvalue weighted by molar-refractivity contribution is 7.90. The molecule has 0 N–H and O–H groups in total. The zero-order chi connectivity index (χ0) is 20.5. The Morgan fingerprint density at radius 1 is 1.04 bits per heavy atom. The molecule has 3 aromatic rings. The average molecular weight is 430 g/mol. The van der Waals surface area contributed by atoms with Crippen molar-refractivity contribution >= 4 is 21.4 Å². The van der Waals surface area contributed by atoms with E-state index in [1.54, 1.807) is 0 Å². The van der Waals surface area contributed by atoms with E-state index in [-0.39, 0.29) is 26.9 Å². The summed E-state index contributed by atoms with van der Waals surface area (Å²) in [4.78, 5) is 11.2. The Morgan fingerprint density at radius 2 is 1.71 bits per heavy atom. The third-order valence-electron chi connectivity index (χ3n) is 3.46. The molecule has 0 spiro atoms. The normalized spacial score (nSPS) is 12.0. The highest BCUT2D eigenvalue weighted by Gasteiger charge is 2.34. The first kappa shape index (κ1) is 20.0. The molecule has 2 heterocycles. The molecule has 0 aliphatic rings. The summed E-state index contributed by atoms with van der Waals surface area (Å²) < 4.78 is 68.0. The largest absolute Gasteiger partial charge is 0.433 e. The Kier molecular flexibility index (Phi) is 5.26. The van der Waals surface area contributed by atoms with Crippen molar-refractivity contribution in [2.75, 3.05) is 6.26 Å². The van der Waals surface area contributed by atoms with Gasteiger partial charge in [-0.3, -0.25) is 4.98 Å². The standard InChI is InChI=1S/C17H11ClF3N3O3S/c1-28(25,26)13-4-2-10(3-5-13)14-7-15(17(19,20)21)24-16(23-14)27-12-6-11(18)8-22-9-12/h2-9H,1H3. The predicted molar refractivity (Wildman–Crippen MR) is 94.9 cm³/mol. The molecule has 0 radical (unpaired) electrons. The molecule has 0 saturated carbocycles. The van der Waals surface area contributed by atoms with E-state index < -0.39 is 27.7 Å². The number of hydrogen-bond acceptors (Lipinski definition) is 6. The second-order valence-corrected chi connectivity index (χ2v) is 8.11. The lowest BCUT2D eigenvalue weighted by Gasteiger charge is -2.11. The van der Waals surface area contributed by atoms with E-state index in [4.69, 9.17) is 16.3 Å². The van der Waals surface area contributed by atoms with E-state index in [0.717, 1.165) is 12.3 Å². The topological polar surface area (TPSA) is 82.0 Å². The van der Waals surface area contributed by atoms with Crippen molar-refractivity contribution in [1.82, 2.24) is 15.0 Å². The Labute approximate surface area is 162 Å². The summed E-state index contributed by atoms with van der Waals surface area (Å²) in [5, 5.41) is 0.223. The second-order valence-electron chi connectivity index (χ2n) is 5.66. The minimum Gasteiger partial charge on any atom is -0.423 e. The predicted octanol–water partition coefficient (Wildman–Crippen LogP) is 4.41. The van der Waals surface area contributed by atoms with Crippen molar-refractivity contribution in [3.05, 3.63) is 59.5 Å². The van der Waals surface area contributed by atoms with Gasteiger partial charge in [0.2, 0.25) is 0 Å². The molecule has 3 rings (SSSR count). The van der Waals surface area contributed by atoms with Crippen LogP contribution < -0.4 is 4.74 Å². The van der Waals surface area contributed by atoms with Crippen LogP contribution in [0.2, 0.25) is 5.02 Å². The number of rotatable bonds is 4. The maximum absolute atomic E-state index is 13.2. The first-order valence-corrected chi connectivity index (χ1v) is 9.84. The summed E-state index contributed by atoms with van der Waals surface area (Å²) in [6, 6.07) is 6.80. The van der Waals surface area contributed by atoms with Gasteiger partial charge in [0.25, 0.3) is 0 Å². The van der Waals surface area contributed by atoms with E-state index in [1.807, 2.05) is 0 Å². The van der Waals surface area contributed by atoms with Crippen LogP contribution >= 0.6 is 11.6 Å². The molecular formula is C17H11ClF3N3O3S. The van der Waals surface area contributed by atoms with Crippen molar-refractivity contribution in [3.63, 3.8) is 0 Å². The summed E-state index contributed by atoms with van der Waals surface area (Å²) in [6.07, 6.45) is -1.14. The van der Waals surface area contributed by atoms with Gasteiger partial charge < -0.3 is 4.74 Å². The molecule has 0 atom stereocenters. The third-order valence-corrected chi connectivity index (χ3v) is 4.80. The van der Waals surface area contributed by atoms with E-state index in [0.29, 0.717) is 0 Å². The Balaban J connectivity index is 2.05. The third kappa shape index (κ3) is 4.76. The van der Waals surface area contributed by atoms with Gasteiger partial charge in [0, 0.05) is 24.1 Å². The molecule has 146 valence electrons. The summed E-state index contributed by atoms with van der Waals surface area (Å²) >= 11 is 5.78. The van der Waals surface area contributed by atoms with Crippen molar-refractivity contribution < 1.29 is 26.3 Å². The summed E-state index contributed by atoms with van der Waals surface area (Å²) in [6.45, 7) is 0. The summed E-state index contributed by atoms with van der Waals surface area (Å²) in [5.74, 6) is 0.0604. The van der Waals surface area contributed by atoms with Gasteiger partial charge in [-0.1, -0.05) is 23.7 Å². The fourth-order valence-electron chi connectivity index (χ4n) is 2.19. The zero-order valence-electron chi connectivity index (χ0n) is 14.1. The van der Waals surface area contributed by atoms with Gasteiger partial charge >= 0.3 is 12.2 Å². The molecule has 2 aromatic heterocycles. The van der Waals surface area contributed by atoms with Crippen molar-refractivity contribution in [2.45, 2.75) is 11.1 Å². The minimum atomic E-state index is -4.74. The molecule has 0 aliphatic carbocycles. The Bertz CT molecular complexity index is 1120. The maximum Gasteiger partial charge on any atom is 0.433 e. The minimum absolute atomic E-state index is 0.0304. The Morgan fingerprint density at radius 3 is 2.29 bits per heavy atom. The molecule has 1 aromatic carbocycles. The molecule has 0 saturated heterocycles. The van der Waals surface area contributed by atoms with Gasteiger partial charge in [-0.25, -0.2) is 8.42 Å². The number of pyridine rings is 1. The number of benzene rings is 1. The molecule has 6 nitrogen and oxygen atoms in total.